The maximum absolute atomic E-state index is 11.5. The number of nitrogens with zero attached hydrogens (tertiary/aromatic N) is 3. The van der Waals surface area contributed by atoms with Crippen molar-refractivity contribution >= 4 is 46.8 Å². The molecule has 0 unspecified atom stereocenters. The second-order valence-electron chi connectivity index (χ2n) is 8.88. The molecule has 0 radical (unpaired) electrons. The summed E-state index contributed by atoms with van der Waals surface area (Å²) in [4.78, 5) is 25.0. The molecular weight excluding hydrogens is 508 g/mol. The first-order chi connectivity index (χ1) is 17.6. The first kappa shape index (κ1) is 27.7. The Hall–Kier alpha value is -3.89. The Balaban J connectivity index is 1.96. The van der Waals surface area contributed by atoms with E-state index in [0.717, 1.165) is 25.7 Å². The summed E-state index contributed by atoms with van der Waals surface area (Å²) in [6.07, 6.45) is 5.79. The van der Waals surface area contributed by atoms with Crippen LogP contribution < -0.4 is 5.43 Å². The van der Waals surface area contributed by atoms with Crippen molar-refractivity contribution in [2.75, 3.05) is 5.43 Å². The molecule has 0 saturated heterocycles. The summed E-state index contributed by atoms with van der Waals surface area (Å²) in [5.74, 6) is 0. The zero-order chi connectivity index (χ0) is 26.8. The molecule has 0 saturated carbocycles. The van der Waals surface area contributed by atoms with Gasteiger partial charge in [0, 0.05) is 25.7 Å². The molecule has 0 atom stereocenters. The third-order valence-corrected chi connectivity index (χ3v) is 6.53. The van der Waals surface area contributed by atoms with E-state index < -0.39 is 15.5 Å². The van der Waals surface area contributed by atoms with Crippen molar-refractivity contribution in [3.05, 3.63) is 121 Å². The molecule has 0 aliphatic carbocycles. The molecule has 8 nitrogen and oxygen atoms in total. The lowest BCUT2D eigenvalue weighted by Crippen LogP contribution is -2.00. The molecule has 3 aromatic rings. The summed E-state index contributed by atoms with van der Waals surface area (Å²) < 4.78 is 0. The summed E-state index contributed by atoms with van der Waals surface area (Å²) in [5.41, 5.74) is 1.86. The van der Waals surface area contributed by atoms with Gasteiger partial charge in [0.25, 0.3) is 5.69 Å². The van der Waals surface area contributed by atoms with E-state index in [1.54, 1.807) is 18.0 Å². The quantitative estimate of drug-likeness (QED) is 0.0915. The van der Waals surface area contributed by atoms with E-state index in [1.165, 1.54) is 23.9 Å². The lowest BCUT2D eigenvalue weighted by Gasteiger charge is -2.15. The molecule has 190 valence electrons. The second-order valence-corrected chi connectivity index (χ2v) is 11.2. The van der Waals surface area contributed by atoms with Crippen LogP contribution in [0.1, 0.15) is 20.8 Å². The molecule has 0 amide bonds. The molecule has 0 aliphatic heterocycles. The van der Waals surface area contributed by atoms with E-state index in [2.05, 4.69) is 37.4 Å². The smallest absolute Gasteiger partial charge is 0.272 e. The van der Waals surface area contributed by atoms with Crippen LogP contribution in [0.3, 0.4) is 0 Å². The molecular formula is C27H26N4O4S2. The number of anilines is 1. The highest BCUT2D eigenvalue weighted by Crippen LogP contribution is 2.35. The molecule has 0 fully saturated rings. The number of non-ortho nitro benzene ring substituents is 1. The van der Waals surface area contributed by atoms with Crippen LogP contribution in [0.4, 0.5) is 17.1 Å². The largest absolute Gasteiger partial charge is 0.301 e. The van der Waals surface area contributed by atoms with Crippen LogP contribution in [-0.4, -0.2) is 16.1 Å². The Bertz CT molecular complexity index is 1340. The fraction of sp³-hybridized carbons (Fsp3) is 0.148. The van der Waals surface area contributed by atoms with E-state index in [0.29, 0.717) is 0 Å². The Morgan fingerprint density at radius 1 is 0.838 bits per heavy atom. The van der Waals surface area contributed by atoms with Crippen molar-refractivity contribution in [1.29, 1.82) is 0 Å². The molecule has 0 aliphatic rings. The van der Waals surface area contributed by atoms with Crippen molar-refractivity contribution in [2.45, 2.75) is 30.6 Å². The second kappa shape index (κ2) is 12.9. The van der Waals surface area contributed by atoms with Gasteiger partial charge >= 0.3 is 5.69 Å². The predicted octanol–water partition coefficient (Wildman–Crippen LogP) is 8.30. The number of benzene rings is 3. The topological polar surface area (TPSA) is 111 Å². The van der Waals surface area contributed by atoms with Crippen LogP contribution >= 0.6 is 23.5 Å². The van der Waals surface area contributed by atoms with Crippen molar-refractivity contribution in [1.82, 2.24) is 0 Å². The van der Waals surface area contributed by atoms with Gasteiger partial charge in [-0.1, -0.05) is 86.8 Å². The number of hydrogen-bond acceptors (Lipinski definition) is 8. The van der Waals surface area contributed by atoms with Crippen LogP contribution in [0.25, 0.3) is 0 Å². The number of hydrazone groups is 1. The van der Waals surface area contributed by atoms with Gasteiger partial charge in [0.05, 0.1) is 22.1 Å². The highest BCUT2D eigenvalue weighted by atomic mass is 32.2. The number of nitro benzene ring substituents is 2. The van der Waals surface area contributed by atoms with E-state index in [9.17, 15) is 20.2 Å². The third-order valence-electron chi connectivity index (χ3n) is 4.58. The SMILES string of the molecule is CC(C)(C)/C=C(/C=C(\C=N\Nc1ccc([N+](=O)[O-])cc1[N+](=O)[O-])Sc1ccccc1)Sc1ccccc1. The standard InChI is InChI=1S/C27H26N4O4S2/c1-27(2,3)18-23(36-21-10-6-4-7-11-21)17-24(37-22-12-8-5-9-13-22)19-28-29-25-15-14-20(30(32)33)16-26(25)31(34)35/h4-19,29H,1-3H3/b23-18-,24-17+,28-19+. The molecule has 0 bridgehead atoms. The number of nitro groups is 2. The lowest BCUT2D eigenvalue weighted by atomic mass is 9.96. The highest BCUT2D eigenvalue weighted by molar-refractivity contribution is 8.04. The minimum atomic E-state index is -0.680. The van der Waals surface area contributed by atoms with Gasteiger partial charge in [-0.25, -0.2) is 0 Å². The van der Waals surface area contributed by atoms with Crippen molar-refractivity contribution in [3.8, 4) is 0 Å². The van der Waals surface area contributed by atoms with E-state index in [-0.39, 0.29) is 16.8 Å². The van der Waals surface area contributed by atoms with E-state index in [4.69, 9.17) is 0 Å². The predicted molar refractivity (Wildman–Crippen MR) is 152 cm³/mol. The van der Waals surface area contributed by atoms with Gasteiger partial charge in [0.2, 0.25) is 0 Å². The maximum atomic E-state index is 11.5. The molecule has 3 rings (SSSR count). The normalized spacial score (nSPS) is 12.5. The Morgan fingerprint density at radius 3 is 1.92 bits per heavy atom. The van der Waals surface area contributed by atoms with Gasteiger partial charge in [0.15, 0.2) is 0 Å². The van der Waals surface area contributed by atoms with Crippen molar-refractivity contribution < 1.29 is 9.85 Å². The Morgan fingerprint density at radius 2 is 1.41 bits per heavy atom. The lowest BCUT2D eigenvalue weighted by molar-refractivity contribution is -0.393. The number of hydrogen-bond donors (Lipinski definition) is 1. The van der Waals surface area contributed by atoms with Gasteiger partial charge in [-0.3, -0.25) is 25.7 Å². The van der Waals surface area contributed by atoms with E-state index in [1.807, 2.05) is 66.7 Å². The molecule has 0 heterocycles. The van der Waals surface area contributed by atoms with Gasteiger partial charge < -0.3 is 0 Å². The van der Waals surface area contributed by atoms with Gasteiger partial charge in [-0.05, 0) is 41.8 Å². The molecule has 1 N–H and O–H groups in total. The minimum absolute atomic E-state index is 0.0556. The minimum Gasteiger partial charge on any atom is -0.272 e. The number of allylic oxidation sites excluding steroid dienone is 3. The average Bonchev–Trinajstić information content (AvgIpc) is 2.84. The Kier molecular flexibility index (Phi) is 9.64. The maximum Gasteiger partial charge on any atom is 0.301 e. The Labute approximate surface area is 223 Å². The summed E-state index contributed by atoms with van der Waals surface area (Å²) in [5, 5.41) is 26.7. The van der Waals surface area contributed by atoms with Crippen LogP contribution in [-0.2, 0) is 0 Å². The monoisotopic (exact) mass is 534 g/mol. The molecule has 0 aromatic heterocycles. The van der Waals surface area contributed by atoms with Crippen LogP contribution in [0, 0.1) is 25.6 Å². The fourth-order valence-electron chi connectivity index (χ4n) is 3.05. The summed E-state index contributed by atoms with van der Waals surface area (Å²) >= 11 is 3.13. The van der Waals surface area contributed by atoms with Crippen molar-refractivity contribution in [3.63, 3.8) is 0 Å². The summed E-state index contributed by atoms with van der Waals surface area (Å²) in [6.45, 7) is 6.37. The zero-order valence-corrected chi connectivity index (χ0v) is 22.2. The van der Waals surface area contributed by atoms with Crippen LogP contribution in [0.5, 0.6) is 0 Å². The third kappa shape index (κ3) is 9.25. The average molecular weight is 535 g/mol. The van der Waals surface area contributed by atoms with E-state index >= 15 is 0 Å². The number of nitrogens with one attached hydrogen (secondary N) is 1. The highest BCUT2D eigenvalue weighted by Gasteiger charge is 2.19. The summed E-state index contributed by atoms with van der Waals surface area (Å²) in [7, 11) is 0. The number of thioether (sulfide) groups is 2. The van der Waals surface area contributed by atoms with Crippen LogP contribution in [0.15, 0.2) is 116 Å². The van der Waals surface area contributed by atoms with Crippen LogP contribution in [0.2, 0.25) is 0 Å². The zero-order valence-electron chi connectivity index (χ0n) is 20.5. The fourth-order valence-corrected chi connectivity index (χ4v) is 5.15. The van der Waals surface area contributed by atoms with Gasteiger partial charge in [-0.2, -0.15) is 5.10 Å². The van der Waals surface area contributed by atoms with Crippen molar-refractivity contribution in [2.24, 2.45) is 10.5 Å². The van der Waals surface area contributed by atoms with Gasteiger partial charge in [0.1, 0.15) is 5.69 Å². The first-order valence-corrected chi connectivity index (χ1v) is 12.9. The molecule has 0 spiro atoms. The molecule has 3 aromatic carbocycles. The van der Waals surface area contributed by atoms with Gasteiger partial charge in [-0.15, -0.1) is 0 Å². The number of rotatable bonds is 10. The molecule has 37 heavy (non-hydrogen) atoms. The summed E-state index contributed by atoms with van der Waals surface area (Å²) in [6, 6.07) is 23.2. The first-order valence-electron chi connectivity index (χ1n) is 11.2. The molecule has 10 heteroatoms.